The second-order valence-corrected chi connectivity index (χ2v) is 15.2. The fraction of sp³-hybridized carbons (Fsp3) is 0. The molecule has 0 fully saturated rings. The molecule has 0 atom stereocenters. The van der Waals surface area contributed by atoms with Gasteiger partial charge < -0.3 is 0 Å². The van der Waals surface area contributed by atoms with Gasteiger partial charge in [0, 0.05) is 16.7 Å². The Bertz CT molecular complexity index is 3360. The summed E-state index contributed by atoms with van der Waals surface area (Å²) in [6.07, 6.45) is 0. The van der Waals surface area contributed by atoms with E-state index in [1.54, 1.807) is 0 Å². The molecule has 1 heterocycles. The molecule has 0 aliphatic rings. The molecule has 10 aromatic carbocycles. The van der Waals surface area contributed by atoms with E-state index in [4.69, 9.17) is 15.0 Å². The molecule has 0 radical (unpaired) electrons. The lowest BCUT2D eigenvalue weighted by Gasteiger charge is -2.14. The van der Waals surface area contributed by atoms with Crippen LogP contribution < -0.4 is 0 Å². The van der Waals surface area contributed by atoms with E-state index >= 15 is 0 Å². The summed E-state index contributed by atoms with van der Waals surface area (Å²) in [5.41, 5.74) is 12.1. The van der Waals surface area contributed by atoms with Gasteiger partial charge in [-0.05, 0) is 107 Å². The zero-order valence-electron chi connectivity index (χ0n) is 32.7. The van der Waals surface area contributed by atoms with E-state index in [1.807, 2.05) is 0 Å². The highest BCUT2D eigenvalue weighted by Crippen LogP contribution is 2.37. The molecule has 3 nitrogen and oxygen atoms in total. The van der Waals surface area contributed by atoms with Gasteiger partial charge in [-0.2, -0.15) is 0 Å². The van der Waals surface area contributed by atoms with Gasteiger partial charge in [0.1, 0.15) is 0 Å². The van der Waals surface area contributed by atoms with Crippen molar-refractivity contribution < 1.29 is 0 Å². The standard InChI is InChI=1S/C57H37N3/c1-3-12-38(13-4-1)45-28-29-49-36-47(30-31-48(49)35-45)44-18-11-19-50(37-44)56-58-55(42-25-22-40(23-26-42)46-27-24-39-14-7-8-17-43(39)34-46)59-57(60-56)54-33-32-51(41-15-5-2-6-16-41)52-20-9-10-21-53(52)54/h1-37H. The first-order valence-corrected chi connectivity index (χ1v) is 20.3. The summed E-state index contributed by atoms with van der Waals surface area (Å²) in [4.78, 5) is 15.7. The van der Waals surface area contributed by atoms with Crippen LogP contribution in [0.2, 0.25) is 0 Å². The minimum atomic E-state index is 0.625. The molecule has 0 spiro atoms. The molecule has 0 bridgehead atoms. The molecule has 280 valence electrons. The van der Waals surface area contributed by atoms with E-state index in [-0.39, 0.29) is 0 Å². The van der Waals surface area contributed by atoms with Crippen LogP contribution in [0.25, 0.3) is 111 Å². The third-order valence-electron chi connectivity index (χ3n) is 11.5. The van der Waals surface area contributed by atoms with Crippen LogP contribution in [0.4, 0.5) is 0 Å². The molecule has 0 N–H and O–H groups in total. The second kappa shape index (κ2) is 15.1. The van der Waals surface area contributed by atoms with Gasteiger partial charge >= 0.3 is 0 Å². The molecule has 3 heteroatoms. The van der Waals surface area contributed by atoms with Crippen LogP contribution in [0.3, 0.4) is 0 Å². The molecule has 0 saturated heterocycles. The Labute approximate surface area is 349 Å². The first-order valence-electron chi connectivity index (χ1n) is 20.3. The van der Waals surface area contributed by atoms with Crippen molar-refractivity contribution in [2.75, 3.05) is 0 Å². The monoisotopic (exact) mass is 763 g/mol. The molecule has 0 saturated carbocycles. The van der Waals surface area contributed by atoms with Crippen molar-refractivity contribution in [2.45, 2.75) is 0 Å². The van der Waals surface area contributed by atoms with Gasteiger partial charge in [0.25, 0.3) is 0 Å². The Hall–Kier alpha value is -8.01. The van der Waals surface area contributed by atoms with E-state index in [1.165, 1.54) is 49.4 Å². The molecular formula is C57H37N3. The summed E-state index contributed by atoms with van der Waals surface area (Å²) in [5, 5.41) is 7.10. The van der Waals surface area contributed by atoms with Gasteiger partial charge in [-0.15, -0.1) is 0 Å². The first kappa shape index (κ1) is 35.2. The minimum absolute atomic E-state index is 0.625. The fourth-order valence-electron chi connectivity index (χ4n) is 8.37. The lowest BCUT2D eigenvalue weighted by atomic mass is 9.94. The number of benzene rings is 10. The second-order valence-electron chi connectivity index (χ2n) is 15.2. The average molecular weight is 764 g/mol. The van der Waals surface area contributed by atoms with Crippen LogP contribution in [0.15, 0.2) is 224 Å². The third-order valence-corrected chi connectivity index (χ3v) is 11.5. The van der Waals surface area contributed by atoms with Gasteiger partial charge in [-0.3, -0.25) is 0 Å². The number of aromatic nitrogens is 3. The van der Waals surface area contributed by atoms with E-state index < -0.39 is 0 Å². The van der Waals surface area contributed by atoms with Crippen LogP contribution >= 0.6 is 0 Å². The third kappa shape index (κ3) is 6.68. The molecular weight excluding hydrogens is 727 g/mol. The van der Waals surface area contributed by atoms with Gasteiger partial charge in [-0.25, -0.2) is 15.0 Å². The fourth-order valence-corrected chi connectivity index (χ4v) is 8.37. The maximum atomic E-state index is 5.25. The quantitative estimate of drug-likeness (QED) is 0.162. The normalized spacial score (nSPS) is 11.3. The van der Waals surface area contributed by atoms with Crippen LogP contribution in [0.1, 0.15) is 0 Å². The van der Waals surface area contributed by atoms with E-state index in [0.717, 1.165) is 44.2 Å². The number of hydrogen-bond donors (Lipinski definition) is 0. The predicted octanol–water partition coefficient (Wildman–Crippen LogP) is 15.0. The van der Waals surface area contributed by atoms with Crippen molar-refractivity contribution in [2.24, 2.45) is 0 Å². The maximum absolute atomic E-state index is 5.25. The summed E-state index contributed by atoms with van der Waals surface area (Å²) >= 11 is 0. The number of rotatable bonds is 7. The first-order chi connectivity index (χ1) is 29.7. The summed E-state index contributed by atoms with van der Waals surface area (Å²) in [6.45, 7) is 0. The topological polar surface area (TPSA) is 38.7 Å². The molecule has 11 rings (SSSR count). The Morgan fingerprint density at radius 3 is 1.28 bits per heavy atom. The Morgan fingerprint density at radius 1 is 0.200 bits per heavy atom. The number of fused-ring (bicyclic) bond motifs is 3. The van der Waals surface area contributed by atoms with Gasteiger partial charge in [0.15, 0.2) is 17.5 Å². The van der Waals surface area contributed by atoms with Gasteiger partial charge in [-0.1, -0.05) is 194 Å². The molecule has 0 aliphatic carbocycles. The molecule has 1 aromatic heterocycles. The van der Waals surface area contributed by atoms with E-state index in [9.17, 15) is 0 Å². The van der Waals surface area contributed by atoms with Crippen molar-refractivity contribution in [3.8, 4) is 78.7 Å². The average Bonchev–Trinajstić information content (AvgIpc) is 3.33. The molecule has 60 heavy (non-hydrogen) atoms. The zero-order valence-corrected chi connectivity index (χ0v) is 32.7. The summed E-state index contributed by atoms with van der Waals surface area (Å²) in [6, 6.07) is 79.6. The summed E-state index contributed by atoms with van der Waals surface area (Å²) in [5.74, 6) is 1.89. The molecule has 0 aliphatic heterocycles. The van der Waals surface area contributed by atoms with Crippen molar-refractivity contribution in [1.29, 1.82) is 0 Å². The van der Waals surface area contributed by atoms with Crippen LogP contribution in [-0.4, -0.2) is 15.0 Å². The lowest BCUT2D eigenvalue weighted by molar-refractivity contribution is 1.08. The largest absolute Gasteiger partial charge is 0.208 e. The van der Waals surface area contributed by atoms with Crippen molar-refractivity contribution in [1.82, 2.24) is 15.0 Å². The molecule has 0 amide bonds. The van der Waals surface area contributed by atoms with Crippen molar-refractivity contribution in [3.05, 3.63) is 224 Å². The van der Waals surface area contributed by atoms with Crippen molar-refractivity contribution >= 4 is 32.3 Å². The Kier molecular flexibility index (Phi) is 8.83. The summed E-state index contributed by atoms with van der Waals surface area (Å²) in [7, 11) is 0. The number of nitrogens with zero attached hydrogens (tertiary/aromatic N) is 3. The Morgan fingerprint density at radius 2 is 0.600 bits per heavy atom. The van der Waals surface area contributed by atoms with Crippen LogP contribution in [0.5, 0.6) is 0 Å². The SMILES string of the molecule is c1ccc(-c2ccc3cc(-c4cccc(-c5nc(-c6ccc(-c7ccc8ccccc8c7)cc6)nc(-c6ccc(-c7ccccc7)c7ccccc67)n5)c4)ccc3c2)cc1. The van der Waals surface area contributed by atoms with Gasteiger partial charge in [0.2, 0.25) is 0 Å². The van der Waals surface area contributed by atoms with E-state index in [0.29, 0.717) is 17.5 Å². The highest BCUT2D eigenvalue weighted by molar-refractivity contribution is 6.04. The smallest absolute Gasteiger partial charge is 0.164 e. The highest BCUT2D eigenvalue weighted by atomic mass is 15.0. The van der Waals surface area contributed by atoms with Gasteiger partial charge in [0.05, 0.1) is 0 Å². The number of hydrogen-bond acceptors (Lipinski definition) is 3. The molecule has 0 unspecified atom stereocenters. The maximum Gasteiger partial charge on any atom is 0.164 e. The highest BCUT2D eigenvalue weighted by Gasteiger charge is 2.17. The van der Waals surface area contributed by atoms with Crippen LogP contribution in [0, 0.1) is 0 Å². The zero-order chi connectivity index (χ0) is 39.8. The molecule has 11 aromatic rings. The lowest BCUT2D eigenvalue weighted by Crippen LogP contribution is -2.01. The van der Waals surface area contributed by atoms with E-state index in [2.05, 4.69) is 224 Å². The summed E-state index contributed by atoms with van der Waals surface area (Å²) < 4.78 is 0. The Balaban J connectivity index is 1.02. The van der Waals surface area contributed by atoms with Crippen molar-refractivity contribution in [3.63, 3.8) is 0 Å². The van der Waals surface area contributed by atoms with Crippen LogP contribution in [-0.2, 0) is 0 Å². The predicted molar refractivity (Wildman–Crippen MR) is 250 cm³/mol. The minimum Gasteiger partial charge on any atom is -0.208 e.